The lowest BCUT2D eigenvalue weighted by Crippen LogP contribution is -1.87. The summed E-state index contributed by atoms with van der Waals surface area (Å²) in [6.45, 7) is 0. The molecule has 0 fully saturated rings. The molecule has 0 atom stereocenters. The normalized spacial score (nSPS) is 11.2. The summed E-state index contributed by atoms with van der Waals surface area (Å²) in [4.78, 5) is 0. The number of nitrogens with zero attached hydrogens (tertiary/aromatic N) is 1. The fourth-order valence-corrected chi connectivity index (χ4v) is 2.19. The molecule has 2 rings (SSSR count). The van der Waals surface area contributed by atoms with E-state index in [1.165, 1.54) is 30.3 Å². The lowest BCUT2D eigenvalue weighted by atomic mass is 10.0. The average molecular weight is 308 g/mol. The minimum absolute atomic E-state index is 0.0644. The van der Waals surface area contributed by atoms with Crippen LogP contribution in [0.3, 0.4) is 0 Å². The van der Waals surface area contributed by atoms with Crippen LogP contribution >= 0.6 is 23.2 Å². The Labute approximate surface area is 125 Å². The number of phenolic OH excluding ortho intramolecular Hbond substituents is 1. The van der Waals surface area contributed by atoms with Gasteiger partial charge in [0.1, 0.15) is 5.82 Å². The first-order valence-corrected chi connectivity index (χ1v) is 6.33. The summed E-state index contributed by atoms with van der Waals surface area (Å²) < 4.78 is 13.7. The predicted molar refractivity (Wildman–Crippen MR) is 78.0 cm³/mol. The highest BCUT2D eigenvalue weighted by atomic mass is 35.5. The number of benzene rings is 2. The third-order valence-corrected chi connectivity index (χ3v) is 3.21. The van der Waals surface area contributed by atoms with Gasteiger partial charge in [0.05, 0.1) is 21.7 Å². The molecule has 2 aromatic rings. The molecule has 0 radical (unpaired) electrons. The van der Waals surface area contributed by atoms with Crippen molar-refractivity contribution in [1.29, 1.82) is 5.26 Å². The number of rotatable bonds is 2. The smallest absolute Gasteiger partial charge is 0.152 e. The van der Waals surface area contributed by atoms with E-state index >= 15 is 0 Å². The van der Waals surface area contributed by atoms with Crippen LogP contribution in [0, 0.1) is 17.1 Å². The monoisotopic (exact) mass is 307 g/mol. The molecule has 2 nitrogen and oxygen atoms in total. The summed E-state index contributed by atoms with van der Waals surface area (Å²) in [7, 11) is 0. The van der Waals surface area contributed by atoms with Gasteiger partial charge in [0.15, 0.2) is 5.75 Å². The summed E-state index contributed by atoms with van der Waals surface area (Å²) in [5.74, 6) is -0.717. The first kappa shape index (κ1) is 14.4. The fraction of sp³-hybridized carbons (Fsp3) is 0. The van der Waals surface area contributed by atoms with Crippen LogP contribution < -0.4 is 0 Å². The molecule has 5 heteroatoms. The minimum atomic E-state index is -0.490. The zero-order valence-electron chi connectivity index (χ0n) is 10.1. The molecule has 0 aliphatic carbocycles. The lowest BCUT2D eigenvalue weighted by Gasteiger charge is -2.04. The van der Waals surface area contributed by atoms with Gasteiger partial charge in [-0.3, -0.25) is 0 Å². The van der Waals surface area contributed by atoms with E-state index in [9.17, 15) is 9.50 Å². The van der Waals surface area contributed by atoms with E-state index < -0.39 is 5.82 Å². The lowest BCUT2D eigenvalue weighted by molar-refractivity contribution is 0.476. The van der Waals surface area contributed by atoms with Crippen molar-refractivity contribution in [3.8, 4) is 11.8 Å². The molecule has 0 aliphatic heterocycles. The maximum Gasteiger partial charge on any atom is 0.152 e. The first-order chi connectivity index (χ1) is 9.52. The largest absolute Gasteiger partial charge is 0.505 e. The molecule has 0 saturated heterocycles. The van der Waals surface area contributed by atoms with Crippen LogP contribution in [0.1, 0.15) is 11.1 Å². The third kappa shape index (κ3) is 2.93. The molecule has 0 saturated carbocycles. The Morgan fingerprint density at radius 2 is 1.80 bits per heavy atom. The SMILES string of the molecule is N#CC(=Cc1cc(Cl)c(O)c(Cl)c1)c1ccccc1F. The van der Waals surface area contributed by atoms with Crippen molar-refractivity contribution < 1.29 is 9.50 Å². The molecule has 2 aromatic carbocycles. The van der Waals surface area contributed by atoms with E-state index in [0.29, 0.717) is 5.56 Å². The Morgan fingerprint density at radius 1 is 1.20 bits per heavy atom. The fourth-order valence-electron chi connectivity index (χ4n) is 1.69. The molecule has 20 heavy (non-hydrogen) atoms. The van der Waals surface area contributed by atoms with Crippen LogP contribution in [0.4, 0.5) is 4.39 Å². The van der Waals surface area contributed by atoms with Crippen molar-refractivity contribution in [2.24, 2.45) is 0 Å². The van der Waals surface area contributed by atoms with Gasteiger partial charge in [-0.1, -0.05) is 41.4 Å². The van der Waals surface area contributed by atoms with Gasteiger partial charge in [0.25, 0.3) is 0 Å². The minimum Gasteiger partial charge on any atom is -0.505 e. The Morgan fingerprint density at radius 3 is 2.35 bits per heavy atom. The van der Waals surface area contributed by atoms with E-state index in [1.54, 1.807) is 12.1 Å². The molecule has 0 heterocycles. The van der Waals surface area contributed by atoms with Crippen LogP contribution in [0.5, 0.6) is 5.75 Å². The maximum absolute atomic E-state index is 13.7. The molecular weight excluding hydrogens is 300 g/mol. The van der Waals surface area contributed by atoms with Crippen LogP contribution in [-0.2, 0) is 0 Å². The van der Waals surface area contributed by atoms with Crippen LogP contribution in [-0.4, -0.2) is 5.11 Å². The number of hydrogen-bond donors (Lipinski definition) is 1. The Kier molecular flexibility index (Phi) is 4.29. The molecule has 0 unspecified atom stereocenters. The second kappa shape index (κ2) is 5.96. The van der Waals surface area contributed by atoms with Crippen molar-refractivity contribution in [1.82, 2.24) is 0 Å². The second-order valence-electron chi connectivity index (χ2n) is 3.98. The molecule has 0 bridgehead atoms. The number of phenols is 1. The molecule has 0 aromatic heterocycles. The van der Waals surface area contributed by atoms with E-state index in [-0.39, 0.29) is 26.9 Å². The maximum atomic E-state index is 13.7. The summed E-state index contributed by atoms with van der Waals surface area (Å²) in [5.41, 5.74) is 0.828. The van der Waals surface area contributed by atoms with Gasteiger partial charge in [-0.25, -0.2) is 4.39 Å². The van der Waals surface area contributed by atoms with Crippen molar-refractivity contribution in [2.45, 2.75) is 0 Å². The van der Waals surface area contributed by atoms with Gasteiger partial charge in [0.2, 0.25) is 0 Å². The zero-order chi connectivity index (χ0) is 14.7. The Bertz CT molecular complexity index is 712. The highest BCUT2D eigenvalue weighted by molar-refractivity contribution is 6.37. The summed E-state index contributed by atoms with van der Waals surface area (Å²) in [6, 6.07) is 10.8. The Hall–Kier alpha value is -2.02. The quantitative estimate of drug-likeness (QED) is 0.633. The summed E-state index contributed by atoms with van der Waals surface area (Å²) in [6.07, 6.45) is 1.45. The first-order valence-electron chi connectivity index (χ1n) is 5.57. The van der Waals surface area contributed by atoms with Crippen molar-refractivity contribution >= 4 is 34.9 Å². The van der Waals surface area contributed by atoms with Gasteiger partial charge in [-0.05, 0) is 29.8 Å². The van der Waals surface area contributed by atoms with Gasteiger partial charge < -0.3 is 5.11 Å². The molecule has 0 amide bonds. The topological polar surface area (TPSA) is 44.0 Å². The van der Waals surface area contributed by atoms with E-state index in [1.807, 2.05) is 6.07 Å². The van der Waals surface area contributed by atoms with Gasteiger partial charge in [-0.15, -0.1) is 0 Å². The molecule has 100 valence electrons. The number of hydrogen-bond acceptors (Lipinski definition) is 2. The van der Waals surface area contributed by atoms with Crippen molar-refractivity contribution in [3.05, 3.63) is 63.4 Å². The second-order valence-corrected chi connectivity index (χ2v) is 4.80. The van der Waals surface area contributed by atoms with Crippen molar-refractivity contribution in [3.63, 3.8) is 0 Å². The summed E-state index contributed by atoms with van der Waals surface area (Å²) >= 11 is 11.6. The number of halogens is 3. The summed E-state index contributed by atoms with van der Waals surface area (Å²) in [5, 5.41) is 18.8. The van der Waals surface area contributed by atoms with Gasteiger partial charge in [-0.2, -0.15) is 5.26 Å². The highest BCUT2D eigenvalue weighted by Gasteiger charge is 2.09. The number of allylic oxidation sites excluding steroid dienone is 1. The number of nitriles is 1. The highest BCUT2D eigenvalue weighted by Crippen LogP contribution is 2.34. The van der Waals surface area contributed by atoms with E-state index in [0.717, 1.165) is 0 Å². The van der Waals surface area contributed by atoms with E-state index in [2.05, 4.69) is 0 Å². The van der Waals surface area contributed by atoms with Crippen LogP contribution in [0.25, 0.3) is 11.6 Å². The Balaban J connectivity index is 2.53. The third-order valence-electron chi connectivity index (χ3n) is 2.63. The number of aromatic hydroxyl groups is 1. The van der Waals surface area contributed by atoms with Gasteiger partial charge >= 0.3 is 0 Å². The standard InChI is InChI=1S/C15H8Cl2FNO/c16-12-6-9(7-13(17)15(12)20)5-10(8-19)11-3-1-2-4-14(11)18/h1-7,20H. The van der Waals surface area contributed by atoms with E-state index in [4.69, 9.17) is 28.5 Å². The van der Waals surface area contributed by atoms with Crippen LogP contribution in [0.2, 0.25) is 10.0 Å². The van der Waals surface area contributed by atoms with Gasteiger partial charge in [0, 0.05) is 5.56 Å². The molecule has 1 N–H and O–H groups in total. The molecule has 0 aliphatic rings. The average Bonchev–Trinajstić information content (AvgIpc) is 2.43. The van der Waals surface area contributed by atoms with Crippen molar-refractivity contribution in [2.75, 3.05) is 0 Å². The zero-order valence-corrected chi connectivity index (χ0v) is 11.6. The van der Waals surface area contributed by atoms with Crippen LogP contribution in [0.15, 0.2) is 36.4 Å². The molecule has 0 spiro atoms. The molecular formula is C15H8Cl2FNO. The predicted octanol–water partition coefficient (Wildman–Crippen LogP) is 4.90.